The van der Waals surface area contributed by atoms with E-state index >= 15 is 4.39 Å². The van der Waals surface area contributed by atoms with Gasteiger partial charge in [0.05, 0.1) is 26.2 Å². The molecule has 10 heteroatoms. The number of carbonyl (C=O) groups excluding carboxylic acids is 1. The van der Waals surface area contributed by atoms with Gasteiger partial charge in [-0.15, -0.1) is 0 Å². The first-order valence-corrected chi connectivity index (χ1v) is 10.5. The summed E-state index contributed by atoms with van der Waals surface area (Å²) in [6, 6.07) is 5.23. The standard InChI is InChI=1S/C23H26FN5O4/c1-12-18-20(30)16(21(26)31)11-29(9-13-4-5-15(32-2)8-17(13)33-3)22(18)27-23(19(12)24)28-7-6-14(25)10-28/h4-5,8,11,14H,6-7,9-10,25H2,1-3H3,(H2,26,31). The van der Waals surface area contributed by atoms with Gasteiger partial charge in [-0.05, 0) is 25.5 Å². The summed E-state index contributed by atoms with van der Waals surface area (Å²) in [6.45, 7) is 2.72. The molecule has 1 atom stereocenters. The molecule has 0 aliphatic carbocycles. The Kier molecular flexibility index (Phi) is 5.94. The monoisotopic (exact) mass is 455 g/mol. The number of aromatic nitrogens is 2. The van der Waals surface area contributed by atoms with Crippen molar-refractivity contribution in [1.82, 2.24) is 9.55 Å². The van der Waals surface area contributed by atoms with E-state index in [2.05, 4.69) is 4.98 Å². The highest BCUT2D eigenvalue weighted by atomic mass is 19.1. The van der Waals surface area contributed by atoms with Crippen LogP contribution in [0.3, 0.4) is 0 Å². The van der Waals surface area contributed by atoms with Crippen LogP contribution in [0.2, 0.25) is 0 Å². The van der Waals surface area contributed by atoms with Crippen molar-refractivity contribution in [3.8, 4) is 11.5 Å². The number of fused-ring (bicyclic) bond motifs is 1. The number of benzene rings is 1. The maximum Gasteiger partial charge on any atom is 0.254 e. The number of pyridine rings is 2. The van der Waals surface area contributed by atoms with Gasteiger partial charge in [-0.2, -0.15) is 0 Å². The third-order valence-corrected chi connectivity index (χ3v) is 5.99. The third kappa shape index (κ3) is 3.97. The summed E-state index contributed by atoms with van der Waals surface area (Å²) in [5.74, 6) is -0.210. The average molecular weight is 455 g/mol. The molecule has 4 N–H and O–H groups in total. The number of methoxy groups -OCH3 is 2. The molecule has 1 aromatic carbocycles. The van der Waals surface area contributed by atoms with Crippen molar-refractivity contribution in [3.63, 3.8) is 0 Å². The molecule has 3 aromatic rings. The van der Waals surface area contributed by atoms with Gasteiger partial charge in [-0.3, -0.25) is 9.59 Å². The molecule has 4 rings (SSSR count). The van der Waals surface area contributed by atoms with Crippen LogP contribution in [-0.2, 0) is 6.54 Å². The van der Waals surface area contributed by atoms with Gasteiger partial charge in [-0.25, -0.2) is 9.37 Å². The van der Waals surface area contributed by atoms with E-state index in [0.29, 0.717) is 31.0 Å². The number of amides is 1. The van der Waals surface area contributed by atoms with E-state index in [4.69, 9.17) is 20.9 Å². The van der Waals surface area contributed by atoms with Crippen molar-refractivity contribution in [2.45, 2.75) is 25.9 Å². The number of anilines is 1. The molecule has 33 heavy (non-hydrogen) atoms. The smallest absolute Gasteiger partial charge is 0.254 e. The third-order valence-electron chi connectivity index (χ3n) is 5.99. The van der Waals surface area contributed by atoms with Gasteiger partial charge < -0.3 is 30.4 Å². The number of primary amides is 1. The zero-order valence-electron chi connectivity index (χ0n) is 18.7. The Balaban J connectivity index is 1.96. The zero-order valence-corrected chi connectivity index (χ0v) is 18.7. The molecule has 1 fully saturated rings. The highest BCUT2D eigenvalue weighted by molar-refractivity contribution is 5.96. The molecule has 2 aromatic heterocycles. The first-order valence-electron chi connectivity index (χ1n) is 10.5. The maximum atomic E-state index is 15.3. The summed E-state index contributed by atoms with van der Waals surface area (Å²) in [6.07, 6.45) is 2.08. The quantitative estimate of drug-likeness (QED) is 0.578. The first kappa shape index (κ1) is 22.5. The van der Waals surface area contributed by atoms with Gasteiger partial charge in [0.1, 0.15) is 22.7 Å². The molecule has 1 aliphatic heterocycles. The summed E-state index contributed by atoms with van der Waals surface area (Å²) < 4.78 is 27.7. The number of halogens is 1. The normalized spacial score (nSPS) is 15.8. The number of nitrogens with two attached hydrogens (primary N) is 2. The van der Waals surface area contributed by atoms with Crippen molar-refractivity contribution in [1.29, 1.82) is 0 Å². The minimum absolute atomic E-state index is 0.0172. The Morgan fingerprint density at radius 2 is 2.06 bits per heavy atom. The van der Waals surface area contributed by atoms with Gasteiger partial charge in [0, 0.05) is 42.5 Å². The van der Waals surface area contributed by atoms with E-state index in [1.54, 1.807) is 28.7 Å². The van der Waals surface area contributed by atoms with Gasteiger partial charge in [0.25, 0.3) is 5.91 Å². The molecule has 3 heterocycles. The lowest BCUT2D eigenvalue weighted by Crippen LogP contribution is -2.29. The van der Waals surface area contributed by atoms with Gasteiger partial charge in [-0.1, -0.05) is 0 Å². The molecular weight excluding hydrogens is 429 g/mol. The Morgan fingerprint density at radius 1 is 1.30 bits per heavy atom. The number of hydrogen-bond acceptors (Lipinski definition) is 7. The zero-order chi connectivity index (χ0) is 23.9. The summed E-state index contributed by atoms with van der Waals surface area (Å²) >= 11 is 0. The molecule has 0 radical (unpaired) electrons. The van der Waals surface area contributed by atoms with Crippen LogP contribution in [0, 0.1) is 12.7 Å². The molecule has 0 bridgehead atoms. The Labute approximate surface area is 189 Å². The van der Waals surface area contributed by atoms with Gasteiger partial charge >= 0.3 is 0 Å². The second kappa shape index (κ2) is 8.70. The lowest BCUT2D eigenvalue weighted by atomic mass is 10.1. The summed E-state index contributed by atoms with van der Waals surface area (Å²) in [5, 5.41) is 0.0172. The predicted octanol–water partition coefficient (Wildman–Crippen LogP) is 1.55. The SMILES string of the molecule is COc1ccc(Cn2cc(C(N)=O)c(=O)c3c(C)c(F)c(N4CCC(N)C4)nc32)c(OC)c1. The average Bonchev–Trinajstić information content (AvgIpc) is 3.23. The molecule has 1 amide bonds. The van der Waals surface area contributed by atoms with E-state index < -0.39 is 17.2 Å². The van der Waals surface area contributed by atoms with Crippen molar-refractivity contribution >= 4 is 22.8 Å². The van der Waals surface area contributed by atoms with Crippen LogP contribution in [0.1, 0.15) is 27.9 Å². The fourth-order valence-electron chi connectivity index (χ4n) is 4.19. The number of aryl methyl sites for hydroxylation is 1. The minimum Gasteiger partial charge on any atom is -0.497 e. The molecule has 9 nitrogen and oxygen atoms in total. The number of ether oxygens (including phenoxy) is 2. The van der Waals surface area contributed by atoms with Crippen LogP contribution >= 0.6 is 0 Å². The van der Waals surface area contributed by atoms with Crippen LogP contribution in [-0.4, -0.2) is 48.8 Å². The molecule has 174 valence electrons. The fraction of sp³-hybridized carbons (Fsp3) is 0.348. The molecule has 0 saturated carbocycles. The van der Waals surface area contributed by atoms with E-state index in [1.165, 1.54) is 20.2 Å². The molecule has 1 unspecified atom stereocenters. The maximum absolute atomic E-state index is 15.3. The van der Waals surface area contributed by atoms with Crippen LogP contribution in [0.25, 0.3) is 11.0 Å². The van der Waals surface area contributed by atoms with Crippen LogP contribution < -0.4 is 31.3 Å². The molecular formula is C23H26FN5O4. The number of carbonyl (C=O) groups is 1. The lowest BCUT2D eigenvalue weighted by molar-refractivity contribution is 0.0998. The second-order valence-corrected chi connectivity index (χ2v) is 8.11. The Morgan fingerprint density at radius 3 is 2.67 bits per heavy atom. The van der Waals surface area contributed by atoms with E-state index in [0.717, 1.165) is 5.56 Å². The van der Waals surface area contributed by atoms with E-state index in [9.17, 15) is 9.59 Å². The number of nitrogens with zero attached hydrogens (tertiary/aromatic N) is 3. The second-order valence-electron chi connectivity index (χ2n) is 8.11. The highest BCUT2D eigenvalue weighted by Crippen LogP contribution is 2.30. The van der Waals surface area contributed by atoms with Crippen molar-refractivity contribution in [2.75, 3.05) is 32.2 Å². The molecule has 0 spiro atoms. The van der Waals surface area contributed by atoms with Gasteiger partial charge in [0.2, 0.25) is 5.43 Å². The summed E-state index contributed by atoms with van der Waals surface area (Å²) in [5.41, 5.74) is 11.7. The van der Waals surface area contributed by atoms with Crippen molar-refractivity contribution in [2.24, 2.45) is 11.5 Å². The summed E-state index contributed by atoms with van der Waals surface area (Å²) in [7, 11) is 3.08. The fourth-order valence-corrected chi connectivity index (χ4v) is 4.19. The van der Waals surface area contributed by atoms with E-state index in [1.807, 2.05) is 6.07 Å². The van der Waals surface area contributed by atoms with Crippen LogP contribution in [0.15, 0.2) is 29.2 Å². The largest absolute Gasteiger partial charge is 0.497 e. The number of rotatable bonds is 6. The van der Waals surface area contributed by atoms with Crippen molar-refractivity contribution in [3.05, 3.63) is 57.1 Å². The Bertz CT molecular complexity index is 1310. The first-order chi connectivity index (χ1) is 15.7. The van der Waals surface area contributed by atoms with Crippen LogP contribution in [0.4, 0.5) is 10.2 Å². The van der Waals surface area contributed by atoms with Crippen LogP contribution in [0.5, 0.6) is 11.5 Å². The summed E-state index contributed by atoms with van der Waals surface area (Å²) in [4.78, 5) is 31.4. The predicted molar refractivity (Wildman–Crippen MR) is 123 cm³/mol. The van der Waals surface area contributed by atoms with Gasteiger partial charge in [0.15, 0.2) is 11.6 Å². The minimum atomic E-state index is -0.897. The van der Waals surface area contributed by atoms with E-state index in [-0.39, 0.29) is 40.6 Å². The number of hydrogen-bond donors (Lipinski definition) is 2. The van der Waals surface area contributed by atoms with Crippen molar-refractivity contribution < 1.29 is 18.7 Å². The molecule has 1 saturated heterocycles. The topological polar surface area (TPSA) is 126 Å². The Hall–Kier alpha value is -3.66. The molecule has 1 aliphatic rings. The lowest BCUT2D eigenvalue weighted by Gasteiger charge is -2.21. The highest BCUT2D eigenvalue weighted by Gasteiger charge is 2.27.